The number of hydrogen-bond donors (Lipinski definition) is 2. The summed E-state index contributed by atoms with van der Waals surface area (Å²) in [5.41, 5.74) is 5.96. The number of phenols is 1. The van der Waals surface area contributed by atoms with Crippen molar-refractivity contribution >= 4 is 11.6 Å². The number of aromatic hydroxyl groups is 1. The van der Waals surface area contributed by atoms with Crippen LogP contribution in [0.25, 0.3) is 11.6 Å². The Morgan fingerprint density at radius 2 is 1.90 bits per heavy atom. The third kappa shape index (κ3) is 4.46. The van der Waals surface area contributed by atoms with Crippen LogP contribution in [0.1, 0.15) is 49.3 Å². The molecule has 0 saturated carbocycles. The van der Waals surface area contributed by atoms with E-state index in [0.29, 0.717) is 11.5 Å². The number of aryl methyl sites for hydroxylation is 1. The zero-order chi connectivity index (χ0) is 21.8. The number of allylic oxidation sites excluding steroid dienone is 6. The van der Waals surface area contributed by atoms with Gasteiger partial charge in [-0.3, -0.25) is 0 Å². The lowest BCUT2D eigenvalue weighted by atomic mass is 9.63. The van der Waals surface area contributed by atoms with Gasteiger partial charge in [0.25, 0.3) is 0 Å². The molecular weight excluding hydrogens is 384 g/mol. The average Bonchev–Trinajstić information content (AvgIpc) is 2.99. The van der Waals surface area contributed by atoms with E-state index < -0.39 is 0 Å². The Hall–Kier alpha value is -3.20. The lowest BCUT2D eigenvalue weighted by molar-refractivity contribution is 0.343. The van der Waals surface area contributed by atoms with Gasteiger partial charge in [-0.15, -0.1) is 0 Å². The Bertz CT molecular complexity index is 1070. The molecule has 0 aromatic heterocycles. The van der Waals surface area contributed by atoms with Gasteiger partial charge in [0, 0.05) is 5.41 Å². The summed E-state index contributed by atoms with van der Waals surface area (Å²) in [5.74, 6) is 1.48. The predicted molar refractivity (Wildman–Crippen MR) is 127 cm³/mol. The highest BCUT2D eigenvalue weighted by Crippen LogP contribution is 2.52. The molecule has 2 N–H and O–H groups in total. The fourth-order valence-electron chi connectivity index (χ4n) is 4.84. The number of ether oxygens (including phenoxy) is 1. The number of methoxy groups -OCH3 is 1. The molecule has 0 bridgehead atoms. The van der Waals surface area contributed by atoms with Crippen LogP contribution < -0.4 is 4.74 Å². The van der Waals surface area contributed by atoms with Crippen LogP contribution >= 0.6 is 0 Å². The Morgan fingerprint density at radius 3 is 2.65 bits per heavy atom. The molecule has 0 radical (unpaired) electrons. The summed E-state index contributed by atoms with van der Waals surface area (Å²) in [4.78, 5) is 0. The molecule has 2 aromatic rings. The van der Waals surface area contributed by atoms with Gasteiger partial charge in [-0.05, 0) is 96.4 Å². The maximum atomic E-state index is 10.2. The normalized spacial score (nSPS) is 21.8. The number of hydrogen-bond acceptors (Lipinski definition) is 3. The van der Waals surface area contributed by atoms with Crippen molar-refractivity contribution in [3.63, 3.8) is 0 Å². The van der Waals surface area contributed by atoms with Gasteiger partial charge in [-0.1, -0.05) is 43.4 Å². The van der Waals surface area contributed by atoms with E-state index in [1.807, 2.05) is 30.4 Å². The van der Waals surface area contributed by atoms with E-state index in [9.17, 15) is 10.2 Å². The van der Waals surface area contributed by atoms with Crippen LogP contribution in [0.15, 0.2) is 78.1 Å². The third-order valence-electron chi connectivity index (χ3n) is 6.61. The summed E-state index contributed by atoms with van der Waals surface area (Å²) in [6.45, 7) is 2.26. The molecule has 1 unspecified atom stereocenters. The minimum atomic E-state index is -0.0448. The predicted octanol–water partition coefficient (Wildman–Crippen LogP) is 7.00. The molecule has 4 rings (SSSR count). The Morgan fingerprint density at radius 1 is 1.10 bits per heavy atom. The molecule has 2 aromatic carbocycles. The standard InChI is InChI=1S/C28H30O3/c1-3-28(19-21-6-4-5-7-23(29)16-21)15-14-22-18-24(30)10-13-26(22)27(28)17-20-8-11-25(31-2)12-9-20/h5-13,16-18,29-30H,3-4,14-15,19H2,1-2H3/b27-17+. The quantitative estimate of drug-likeness (QED) is 0.554. The van der Waals surface area contributed by atoms with Crippen molar-refractivity contribution in [1.29, 1.82) is 0 Å². The third-order valence-corrected chi connectivity index (χ3v) is 6.61. The second kappa shape index (κ2) is 8.89. The van der Waals surface area contributed by atoms with Gasteiger partial charge in [-0.25, -0.2) is 0 Å². The molecule has 31 heavy (non-hydrogen) atoms. The minimum absolute atomic E-state index is 0.0448. The second-order valence-corrected chi connectivity index (χ2v) is 8.47. The van der Waals surface area contributed by atoms with Crippen molar-refractivity contribution in [2.45, 2.75) is 39.0 Å². The summed E-state index contributed by atoms with van der Waals surface area (Å²) in [6, 6.07) is 13.9. The van der Waals surface area contributed by atoms with Gasteiger partial charge in [0.2, 0.25) is 0 Å². The average molecular weight is 415 g/mol. The van der Waals surface area contributed by atoms with Crippen molar-refractivity contribution < 1.29 is 14.9 Å². The van der Waals surface area contributed by atoms with Gasteiger partial charge in [0.05, 0.1) is 7.11 Å². The molecule has 3 nitrogen and oxygen atoms in total. The molecule has 160 valence electrons. The Labute approximate surface area is 184 Å². The molecule has 3 heteroatoms. The highest BCUT2D eigenvalue weighted by atomic mass is 16.5. The van der Waals surface area contributed by atoms with E-state index in [-0.39, 0.29) is 5.41 Å². The van der Waals surface area contributed by atoms with Crippen molar-refractivity contribution in [3.8, 4) is 11.5 Å². The molecule has 0 amide bonds. The molecule has 0 aliphatic heterocycles. The first-order chi connectivity index (χ1) is 15.0. The SMILES string of the molecule is CCC1(CC2=CCC=CC(O)=C2)CCc2cc(O)ccc2/C1=C\c1ccc(OC)cc1. The molecule has 2 aliphatic rings. The number of aliphatic hydroxyl groups is 1. The summed E-state index contributed by atoms with van der Waals surface area (Å²) in [5, 5.41) is 20.2. The van der Waals surface area contributed by atoms with E-state index in [2.05, 4.69) is 37.3 Å². The van der Waals surface area contributed by atoms with Gasteiger partial charge >= 0.3 is 0 Å². The van der Waals surface area contributed by atoms with Crippen LogP contribution in [-0.2, 0) is 6.42 Å². The summed E-state index contributed by atoms with van der Waals surface area (Å²) < 4.78 is 5.32. The first-order valence-corrected chi connectivity index (χ1v) is 11.0. The molecule has 2 aliphatic carbocycles. The van der Waals surface area contributed by atoms with Crippen LogP contribution in [0.2, 0.25) is 0 Å². The topological polar surface area (TPSA) is 49.7 Å². The number of rotatable bonds is 5. The molecule has 1 atom stereocenters. The van der Waals surface area contributed by atoms with Crippen LogP contribution in [0.3, 0.4) is 0 Å². The summed E-state index contributed by atoms with van der Waals surface area (Å²) >= 11 is 0. The second-order valence-electron chi connectivity index (χ2n) is 8.47. The van der Waals surface area contributed by atoms with Crippen molar-refractivity contribution in [3.05, 3.63) is 94.8 Å². The molecule has 0 heterocycles. The number of aliphatic hydroxyl groups excluding tert-OH is 1. The van der Waals surface area contributed by atoms with Crippen molar-refractivity contribution in [2.75, 3.05) is 7.11 Å². The highest BCUT2D eigenvalue weighted by Gasteiger charge is 2.38. The fourth-order valence-corrected chi connectivity index (χ4v) is 4.84. The Balaban J connectivity index is 1.82. The van der Waals surface area contributed by atoms with E-state index >= 15 is 0 Å². The zero-order valence-electron chi connectivity index (χ0n) is 18.3. The molecule has 0 fully saturated rings. The largest absolute Gasteiger partial charge is 0.508 e. The molecule has 0 saturated heterocycles. The van der Waals surface area contributed by atoms with E-state index in [4.69, 9.17) is 4.74 Å². The maximum absolute atomic E-state index is 10.2. The van der Waals surface area contributed by atoms with Crippen LogP contribution in [0.4, 0.5) is 0 Å². The van der Waals surface area contributed by atoms with Gasteiger partial charge < -0.3 is 14.9 Å². The first-order valence-electron chi connectivity index (χ1n) is 11.0. The number of fused-ring (bicyclic) bond motifs is 1. The van der Waals surface area contributed by atoms with Gasteiger partial charge in [0.1, 0.15) is 17.3 Å². The number of benzene rings is 2. The molecule has 0 spiro atoms. The van der Waals surface area contributed by atoms with Gasteiger partial charge in [-0.2, -0.15) is 0 Å². The monoisotopic (exact) mass is 414 g/mol. The van der Waals surface area contributed by atoms with Crippen LogP contribution in [-0.4, -0.2) is 17.3 Å². The minimum Gasteiger partial charge on any atom is -0.508 e. The molecular formula is C28H30O3. The first kappa shape index (κ1) is 21.0. The lowest BCUT2D eigenvalue weighted by Crippen LogP contribution is -2.28. The van der Waals surface area contributed by atoms with Crippen molar-refractivity contribution in [1.82, 2.24) is 0 Å². The van der Waals surface area contributed by atoms with Crippen LogP contribution in [0.5, 0.6) is 11.5 Å². The lowest BCUT2D eigenvalue weighted by Gasteiger charge is -2.41. The van der Waals surface area contributed by atoms with E-state index in [1.165, 1.54) is 22.3 Å². The summed E-state index contributed by atoms with van der Waals surface area (Å²) in [7, 11) is 1.68. The van der Waals surface area contributed by atoms with Gasteiger partial charge in [0.15, 0.2) is 0 Å². The highest BCUT2D eigenvalue weighted by molar-refractivity contribution is 5.87. The zero-order valence-corrected chi connectivity index (χ0v) is 18.3. The fraction of sp³-hybridized carbons (Fsp3) is 0.286. The van der Waals surface area contributed by atoms with E-state index in [0.717, 1.165) is 43.4 Å². The Kier molecular flexibility index (Phi) is 6.03. The maximum Gasteiger partial charge on any atom is 0.118 e. The van der Waals surface area contributed by atoms with Crippen LogP contribution in [0, 0.1) is 5.41 Å². The van der Waals surface area contributed by atoms with E-state index in [1.54, 1.807) is 19.3 Å². The van der Waals surface area contributed by atoms with Crippen molar-refractivity contribution in [2.24, 2.45) is 5.41 Å². The number of phenolic OH excluding ortho intramolecular Hbond substituents is 1. The summed E-state index contributed by atoms with van der Waals surface area (Å²) in [6.07, 6.45) is 14.8. The smallest absolute Gasteiger partial charge is 0.118 e.